The van der Waals surface area contributed by atoms with E-state index in [1.807, 2.05) is 0 Å². The number of halogens is 1. The van der Waals surface area contributed by atoms with Gasteiger partial charge in [-0.25, -0.2) is 0 Å². The van der Waals surface area contributed by atoms with Crippen LogP contribution in [0.2, 0.25) is 0 Å². The SMILES string of the molecule is C[C@@H](O)[C@@H](NC(=O)[C@@H]1CC[C@H](CCCCF)CCN1)[C@H]1OC(CNC(=O)c2ccc(O)cc2)[C@H](O)C(O)C1O. The van der Waals surface area contributed by atoms with Crippen molar-refractivity contribution in [1.29, 1.82) is 0 Å². The highest BCUT2D eigenvalue weighted by Gasteiger charge is 2.48. The number of aliphatic hydroxyl groups is 4. The summed E-state index contributed by atoms with van der Waals surface area (Å²) in [6.07, 6.45) is -3.93. The molecule has 12 heteroatoms. The van der Waals surface area contributed by atoms with E-state index in [9.17, 15) is 39.5 Å². The van der Waals surface area contributed by atoms with Crippen LogP contribution in [0, 0.1) is 5.92 Å². The van der Waals surface area contributed by atoms with Crippen molar-refractivity contribution in [3.05, 3.63) is 29.8 Å². The van der Waals surface area contributed by atoms with E-state index in [0.717, 1.165) is 25.7 Å². The largest absolute Gasteiger partial charge is 0.508 e. The molecule has 2 fully saturated rings. The van der Waals surface area contributed by atoms with Gasteiger partial charge in [-0.3, -0.25) is 14.0 Å². The van der Waals surface area contributed by atoms with Gasteiger partial charge in [0.05, 0.1) is 24.9 Å². The number of phenolic OH excluding ortho intramolecular Hbond substituents is 1. The molecule has 0 spiro atoms. The highest BCUT2D eigenvalue weighted by molar-refractivity contribution is 5.94. The van der Waals surface area contributed by atoms with Gasteiger partial charge in [0.2, 0.25) is 5.91 Å². The van der Waals surface area contributed by atoms with Gasteiger partial charge in [0.25, 0.3) is 5.91 Å². The first-order valence-corrected chi connectivity index (χ1v) is 13.7. The Balaban J connectivity index is 1.62. The Hall–Kier alpha value is -2.35. The molecule has 1 aromatic rings. The van der Waals surface area contributed by atoms with Crippen molar-refractivity contribution >= 4 is 11.8 Å². The topological polar surface area (TPSA) is 181 Å². The van der Waals surface area contributed by atoms with Gasteiger partial charge in [0.15, 0.2) is 0 Å². The Bertz CT molecular complexity index is 921. The Kier molecular flexibility index (Phi) is 11.9. The van der Waals surface area contributed by atoms with Crippen molar-refractivity contribution < 1.29 is 44.2 Å². The van der Waals surface area contributed by atoms with Crippen LogP contribution >= 0.6 is 0 Å². The fourth-order valence-corrected chi connectivity index (χ4v) is 5.25. The molecular formula is C27H42FN3O8. The molecule has 2 heterocycles. The molecule has 2 aliphatic heterocycles. The maximum Gasteiger partial charge on any atom is 0.251 e. The summed E-state index contributed by atoms with van der Waals surface area (Å²) in [6, 6.07) is 3.88. The third kappa shape index (κ3) is 8.57. The van der Waals surface area contributed by atoms with Crippen molar-refractivity contribution in [2.75, 3.05) is 19.8 Å². The fourth-order valence-electron chi connectivity index (χ4n) is 5.25. The number of carbonyl (C=O) groups is 2. The smallest absolute Gasteiger partial charge is 0.251 e. The zero-order chi connectivity index (χ0) is 28.5. The van der Waals surface area contributed by atoms with Gasteiger partial charge in [-0.1, -0.05) is 12.8 Å². The zero-order valence-corrected chi connectivity index (χ0v) is 22.2. The summed E-state index contributed by atoms with van der Waals surface area (Å²) in [5.74, 6) is -0.507. The molecule has 2 aliphatic rings. The van der Waals surface area contributed by atoms with Crippen molar-refractivity contribution in [3.63, 3.8) is 0 Å². The van der Waals surface area contributed by atoms with Crippen LogP contribution in [-0.2, 0) is 9.53 Å². The number of rotatable bonds is 11. The zero-order valence-electron chi connectivity index (χ0n) is 22.2. The minimum atomic E-state index is -1.65. The summed E-state index contributed by atoms with van der Waals surface area (Å²) in [7, 11) is 0. The molecule has 0 bridgehead atoms. The third-order valence-corrected chi connectivity index (χ3v) is 7.64. The highest BCUT2D eigenvalue weighted by Crippen LogP contribution is 2.26. The number of alkyl halides is 1. The first-order chi connectivity index (χ1) is 18.6. The number of carbonyl (C=O) groups excluding carboxylic acids is 2. The average Bonchev–Trinajstić information content (AvgIpc) is 3.16. The number of benzene rings is 1. The minimum Gasteiger partial charge on any atom is -0.508 e. The van der Waals surface area contributed by atoms with E-state index in [1.165, 1.54) is 31.2 Å². The standard InChI is InChI=1S/C27H42FN3O8/c1-15(32)21(31-27(38)19-10-5-16(11-13-29-19)4-2-3-12-28)25-24(36)23(35)22(34)20(39-25)14-30-26(37)17-6-8-18(33)9-7-17/h6-9,15-16,19-25,29,32-36H,2-5,10-14H2,1H3,(H,30,37)(H,31,38)/t15-,16+,19+,20?,21-,22+,23?,24?,25-/m1/s1. The molecule has 220 valence electrons. The van der Waals surface area contributed by atoms with E-state index >= 15 is 0 Å². The van der Waals surface area contributed by atoms with Crippen LogP contribution in [0.25, 0.3) is 0 Å². The van der Waals surface area contributed by atoms with E-state index in [2.05, 4.69) is 16.0 Å². The van der Waals surface area contributed by atoms with Crippen LogP contribution in [0.3, 0.4) is 0 Å². The summed E-state index contributed by atoms with van der Waals surface area (Å²) in [4.78, 5) is 25.6. The van der Waals surface area contributed by atoms with Crippen LogP contribution in [0.1, 0.15) is 55.8 Å². The van der Waals surface area contributed by atoms with Gasteiger partial charge in [-0.2, -0.15) is 0 Å². The number of amides is 2. The highest BCUT2D eigenvalue weighted by atomic mass is 19.1. The van der Waals surface area contributed by atoms with Crippen molar-refractivity contribution in [2.45, 2.75) is 94.2 Å². The van der Waals surface area contributed by atoms with Gasteiger partial charge >= 0.3 is 0 Å². The van der Waals surface area contributed by atoms with Crippen molar-refractivity contribution in [2.24, 2.45) is 5.92 Å². The van der Waals surface area contributed by atoms with Gasteiger partial charge < -0.3 is 46.2 Å². The normalized spacial score (nSPS) is 31.1. The second-order valence-corrected chi connectivity index (χ2v) is 10.6. The number of ether oxygens (including phenoxy) is 1. The van der Waals surface area contributed by atoms with E-state index in [0.29, 0.717) is 25.3 Å². The number of nitrogens with one attached hydrogen (secondary N) is 3. The molecule has 3 rings (SSSR count). The molecule has 8 N–H and O–H groups in total. The maximum absolute atomic E-state index is 13.1. The molecule has 0 radical (unpaired) electrons. The van der Waals surface area contributed by atoms with Crippen LogP contribution < -0.4 is 16.0 Å². The van der Waals surface area contributed by atoms with E-state index in [1.54, 1.807) is 0 Å². The summed E-state index contributed by atoms with van der Waals surface area (Å²) < 4.78 is 18.3. The summed E-state index contributed by atoms with van der Waals surface area (Å²) in [5.41, 5.74) is 0.255. The predicted molar refractivity (Wildman–Crippen MR) is 140 cm³/mol. The molecular weight excluding hydrogens is 513 g/mol. The Morgan fingerprint density at radius 2 is 1.79 bits per heavy atom. The van der Waals surface area contributed by atoms with E-state index in [4.69, 9.17) is 4.74 Å². The summed E-state index contributed by atoms with van der Waals surface area (Å²) in [6.45, 7) is 1.48. The summed E-state index contributed by atoms with van der Waals surface area (Å²) >= 11 is 0. The lowest BCUT2D eigenvalue weighted by Gasteiger charge is -2.44. The third-order valence-electron chi connectivity index (χ3n) is 7.64. The number of unbranched alkanes of at least 4 members (excludes halogenated alkanes) is 1. The number of aliphatic hydroxyl groups excluding tert-OH is 4. The second-order valence-electron chi connectivity index (χ2n) is 10.6. The Labute approximate surface area is 227 Å². The van der Waals surface area contributed by atoms with Crippen molar-refractivity contribution in [1.82, 2.24) is 16.0 Å². The van der Waals surface area contributed by atoms with E-state index < -0.39 is 54.6 Å². The quantitative estimate of drug-likeness (QED) is 0.171. The molecule has 1 aromatic carbocycles. The van der Waals surface area contributed by atoms with Crippen LogP contribution in [0.15, 0.2) is 24.3 Å². The number of aromatic hydroxyl groups is 1. The monoisotopic (exact) mass is 555 g/mol. The number of hydrogen-bond donors (Lipinski definition) is 8. The molecule has 9 atom stereocenters. The van der Waals surface area contributed by atoms with Crippen LogP contribution in [0.5, 0.6) is 5.75 Å². The van der Waals surface area contributed by atoms with Gasteiger partial charge in [0.1, 0.15) is 36.3 Å². The first-order valence-electron chi connectivity index (χ1n) is 13.7. The van der Waals surface area contributed by atoms with Gasteiger partial charge in [-0.05, 0) is 69.3 Å². The molecule has 0 aliphatic carbocycles. The molecule has 39 heavy (non-hydrogen) atoms. The predicted octanol–water partition coefficient (Wildman–Crippen LogP) is -0.264. The molecule has 2 saturated heterocycles. The summed E-state index contributed by atoms with van der Waals surface area (Å²) in [5, 5.41) is 60.1. The van der Waals surface area contributed by atoms with Gasteiger partial charge in [0, 0.05) is 12.1 Å². The molecule has 11 nitrogen and oxygen atoms in total. The lowest BCUT2D eigenvalue weighted by Crippen LogP contribution is -2.67. The van der Waals surface area contributed by atoms with E-state index in [-0.39, 0.29) is 30.4 Å². The van der Waals surface area contributed by atoms with Crippen LogP contribution in [0.4, 0.5) is 4.39 Å². The van der Waals surface area contributed by atoms with Gasteiger partial charge in [-0.15, -0.1) is 0 Å². The number of phenols is 1. The molecule has 2 amide bonds. The average molecular weight is 556 g/mol. The lowest BCUT2D eigenvalue weighted by molar-refractivity contribution is -0.231. The molecule has 0 aromatic heterocycles. The Morgan fingerprint density at radius 3 is 2.46 bits per heavy atom. The lowest BCUT2D eigenvalue weighted by atomic mass is 9.89. The van der Waals surface area contributed by atoms with Crippen LogP contribution in [-0.4, -0.2) is 106 Å². The maximum atomic E-state index is 13.1. The second kappa shape index (κ2) is 14.9. The number of hydrogen-bond acceptors (Lipinski definition) is 9. The molecule has 3 unspecified atom stereocenters. The molecule has 0 saturated carbocycles. The van der Waals surface area contributed by atoms with Crippen molar-refractivity contribution in [3.8, 4) is 5.75 Å². The Morgan fingerprint density at radius 1 is 1.08 bits per heavy atom. The fraction of sp³-hybridized carbons (Fsp3) is 0.704. The minimum absolute atomic E-state index is 0.00352. The first kappa shape index (κ1) is 31.2.